The molecule has 180 valence electrons. The minimum Gasteiger partial charge on any atom is -0.367 e. The molecule has 11 heteroatoms. The molecule has 0 saturated heterocycles. The lowest BCUT2D eigenvalue weighted by Crippen LogP contribution is -2.22. The number of nitrogens with one attached hydrogen (secondary N) is 1. The predicted molar refractivity (Wildman–Crippen MR) is 133 cm³/mol. The number of carbonyl (C=O) groups is 1. The Balaban J connectivity index is 1.45. The van der Waals surface area contributed by atoms with E-state index in [0.29, 0.717) is 27.7 Å². The number of nitrogens with two attached hydrogens (primary N) is 1. The van der Waals surface area contributed by atoms with Crippen LogP contribution < -0.4 is 10.5 Å². The number of anilines is 1. The fraction of sp³-hybridized carbons (Fsp3) is 0.348. The summed E-state index contributed by atoms with van der Waals surface area (Å²) in [6, 6.07) is 9.65. The van der Waals surface area contributed by atoms with Gasteiger partial charge in [-0.05, 0) is 59.9 Å². The summed E-state index contributed by atoms with van der Waals surface area (Å²) in [6.07, 6.45) is 5.20. The molecule has 3 atom stereocenters. The molecule has 1 aliphatic rings. The van der Waals surface area contributed by atoms with Crippen molar-refractivity contribution in [1.29, 1.82) is 0 Å². The molecule has 34 heavy (non-hydrogen) atoms. The van der Waals surface area contributed by atoms with Crippen LogP contribution in [0.25, 0.3) is 0 Å². The summed E-state index contributed by atoms with van der Waals surface area (Å²) >= 11 is 7.52. The molecule has 2 aromatic heterocycles. The van der Waals surface area contributed by atoms with Gasteiger partial charge in [0.15, 0.2) is 0 Å². The number of benzene rings is 1. The minimum absolute atomic E-state index is 0.0391. The third-order valence-electron chi connectivity index (χ3n) is 6.00. The standard InChI is InChI=1S/C23H25ClN4O4S2/c1-14(16-3-2-4-18(24)8-16)17-9-21(33-12-17)22(29)20-10-26-13-27-23(20)28-19-6-5-15(7-19)11-32-34(25,30)31/h2-4,8-10,12-15,19H,5-7,11H2,1H3,(H2,25,30,31)(H,26,27,28)/t14?,15-,19+/m1/s1. The van der Waals surface area contributed by atoms with Crippen LogP contribution in [0.1, 0.15) is 58.5 Å². The van der Waals surface area contributed by atoms with E-state index in [4.69, 9.17) is 20.9 Å². The number of hydrogen-bond donors (Lipinski definition) is 2. The number of nitrogens with zero attached hydrogens (tertiary/aromatic N) is 2. The summed E-state index contributed by atoms with van der Waals surface area (Å²) in [4.78, 5) is 22.3. The van der Waals surface area contributed by atoms with E-state index < -0.39 is 10.3 Å². The van der Waals surface area contributed by atoms with Gasteiger partial charge in [0, 0.05) is 23.2 Å². The van der Waals surface area contributed by atoms with E-state index in [0.717, 1.165) is 24.0 Å². The number of rotatable bonds is 9. The van der Waals surface area contributed by atoms with Crippen molar-refractivity contribution in [2.45, 2.75) is 38.1 Å². The molecule has 0 amide bonds. The lowest BCUT2D eigenvalue weighted by atomic mass is 9.95. The molecule has 3 N–H and O–H groups in total. The van der Waals surface area contributed by atoms with Crippen molar-refractivity contribution in [2.75, 3.05) is 11.9 Å². The van der Waals surface area contributed by atoms with Gasteiger partial charge in [-0.1, -0.05) is 30.7 Å². The highest BCUT2D eigenvalue weighted by molar-refractivity contribution is 7.84. The van der Waals surface area contributed by atoms with E-state index in [1.54, 1.807) is 0 Å². The molecule has 3 aromatic rings. The monoisotopic (exact) mass is 520 g/mol. The van der Waals surface area contributed by atoms with E-state index >= 15 is 0 Å². The summed E-state index contributed by atoms with van der Waals surface area (Å²) in [7, 11) is -3.95. The molecule has 0 bridgehead atoms. The van der Waals surface area contributed by atoms with Gasteiger partial charge in [-0.25, -0.2) is 15.1 Å². The predicted octanol–water partition coefficient (Wildman–Crippen LogP) is 4.38. The number of hydrogen-bond acceptors (Lipinski definition) is 8. The van der Waals surface area contributed by atoms with Crippen molar-refractivity contribution in [1.82, 2.24) is 9.97 Å². The molecule has 8 nitrogen and oxygen atoms in total. The highest BCUT2D eigenvalue weighted by Gasteiger charge is 2.28. The summed E-state index contributed by atoms with van der Waals surface area (Å²) in [5, 5.41) is 10.9. The van der Waals surface area contributed by atoms with Crippen molar-refractivity contribution in [3.05, 3.63) is 74.8 Å². The highest BCUT2D eigenvalue weighted by atomic mass is 35.5. The molecule has 1 aromatic carbocycles. The van der Waals surface area contributed by atoms with Crippen molar-refractivity contribution < 1.29 is 17.4 Å². The Bertz CT molecular complexity index is 1280. The van der Waals surface area contributed by atoms with E-state index in [9.17, 15) is 13.2 Å². The maximum Gasteiger partial charge on any atom is 0.333 e. The Morgan fingerprint density at radius 1 is 1.32 bits per heavy atom. The summed E-state index contributed by atoms with van der Waals surface area (Å²) < 4.78 is 26.8. The van der Waals surface area contributed by atoms with Crippen LogP contribution in [-0.4, -0.2) is 36.8 Å². The first-order chi connectivity index (χ1) is 16.2. The summed E-state index contributed by atoms with van der Waals surface area (Å²) in [6.45, 7) is 2.13. The molecule has 2 heterocycles. The third-order valence-corrected chi connectivity index (χ3v) is 7.65. The zero-order valence-corrected chi connectivity index (χ0v) is 20.9. The summed E-state index contributed by atoms with van der Waals surface area (Å²) in [5.74, 6) is 0.473. The van der Waals surface area contributed by atoms with Gasteiger partial charge < -0.3 is 5.32 Å². The number of aromatic nitrogens is 2. The SMILES string of the molecule is CC(c1cccc(Cl)c1)c1csc(C(=O)c2cncnc2N[C@H]2CC[C@@H](COS(N)(=O)=O)C2)c1. The summed E-state index contributed by atoms with van der Waals surface area (Å²) in [5.41, 5.74) is 2.52. The van der Waals surface area contributed by atoms with Crippen LogP contribution in [0.4, 0.5) is 5.82 Å². The maximum atomic E-state index is 13.3. The van der Waals surface area contributed by atoms with Crippen LogP contribution in [0.3, 0.4) is 0 Å². The Morgan fingerprint density at radius 3 is 2.91 bits per heavy atom. The van der Waals surface area contributed by atoms with Crippen LogP contribution in [0.5, 0.6) is 0 Å². The average Bonchev–Trinajstić information content (AvgIpc) is 3.47. The van der Waals surface area contributed by atoms with Crippen molar-refractivity contribution >= 4 is 44.8 Å². The van der Waals surface area contributed by atoms with E-state index in [-0.39, 0.29) is 30.3 Å². The molecule has 0 aliphatic heterocycles. The van der Waals surface area contributed by atoms with Gasteiger partial charge >= 0.3 is 10.3 Å². The average molecular weight is 521 g/mol. The first-order valence-electron chi connectivity index (χ1n) is 10.8. The molecule has 0 spiro atoms. The number of ketones is 1. The van der Waals surface area contributed by atoms with Crippen LogP contribution in [0.2, 0.25) is 5.02 Å². The van der Waals surface area contributed by atoms with Crippen molar-refractivity contribution in [3.63, 3.8) is 0 Å². The smallest absolute Gasteiger partial charge is 0.333 e. The van der Waals surface area contributed by atoms with Crippen LogP contribution >= 0.6 is 22.9 Å². The molecule has 0 radical (unpaired) electrons. The normalized spacial score (nSPS) is 19.1. The second kappa shape index (κ2) is 10.5. The van der Waals surface area contributed by atoms with Gasteiger partial charge in [-0.3, -0.25) is 8.98 Å². The molecular formula is C23H25ClN4O4S2. The fourth-order valence-electron chi connectivity index (χ4n) is 4.15. The van der Waals surface area contributed by atoms with Gasteiger partial charge in [-0.2, -0.15) is 8.42 Å². The van der Waals surface area contributed by atoms with E-state index in [1.807, 2.05) is 35.7 Å². The Hall–Kier alpha value is -2.37. The van der Waals surface area contributed by atoms with Crippen LogP contribution in [0.15, 0.2) is 48.2 Å². The topological polar surface area (TPSA) is 124 Å². The van der Waals surface area contributed by atoms with E-state index in [1.165, 1.54) is 23.9 Å². The minimum atomic E-state index is -3.95. The Labute approximate surface area is 207 Å². The lowest BCUT2D eigenvalue weighted by molar-refractivity contribution is 0.104. The molecule has 1 unspecified atom stereocenters. The second-order valence-corrected chi connectivity index (χ2v) is 11.0. The zero-order valence-electron chi connectivity index (χ0n) is 18.5. The second-order valence-electron chi connectivity index (χ2n) is 8.43. The molecule has 4 rings (SSSR count). The number of carbonyl (C=O) groups excluding carboxylic acids is 1. The van der Waals surface area contributed by atoms with Crippen LogP contribution in [0, 0.1) is 5.92 Å². The molecule has 1 aliphatic carbocycles. The molecule has 1 saturated carbocycles. The van der Waals surface area contributed by atoms with Gasteiger partial charge in [0.2, 0.25) is 5.78 Å². The van der Waals surface area contributed by atoms with Crippen molar-refractivity contribution in [2.24, 2.45) is 11.1 Å². The maximum absolute atomic E-state index is 13.3. The van der Waals surface area contributed by atoms with Gasteiger partial charge in [0.25, 0.3) is 0 Å². The third kappa shape index (κ3) is 6.19. The zero-order chi connectivity index (χ0) is 24.3. The molecule has 1 fully saturated rings. The molecular weight excluding hydrogens is 496 g/mol. The highest BCUT2D eigenvalue weighted by Crippen LogP contribution is 2.32. The van der Waals surface area contributed by atoms with Gasteiger partial charge in [0.1, 0.15) is 12.1 Å². The van der Waals surface area contributed by atoms with E-state index in [2.05, 4.69) is 22.2 Å². The Kier molecular flexibility index (Phi) is 7.63. The largest absolute Gasteiger partial charge is 0.367 e. The lowest BCUT2D eigenvalue weighted by Gasteiger charge is -2.16. The fourth-order valence-corrected chi connectivity index (χ4v) is 5.69. The quantitative estimate of drug-likeness (QED) is 0.401. The van der Waals surface area contributed by atoms with Gasteiger partial charge in [0.05, 0.1) is 17.0 Å². The number of halogens is 1. The van der Waals surface area contributed by atoms with Crippen molar-refractivity contribution in [3.8, 4) is 0 Å². The van der Waals surface area contributed by atoms with Crippen LogP contribution in [-0.2, 0) is 14.5 Å². The first-order valence-corrected chi connectivity index (χ1v) is 13.5. The first kappa shape index (κ1) is 24.7. The van der Waals surface area contributed by atoms with Gasteiger partial charge in [-0.15, -0.1) is 11.3 Å². The Morgan fingerprint density at radius 2 is 2.15 bits per heavy atom. The number of thiophene rings is 1.